The van der Waals surface area contributed by atoms with Crippen molar-refractivity contribution in [1.82, 2.24) is 0 Å². The van der Waals surface area contributed by atoms with E-state index in [0.717, 1.165) is 24.5 Å². The number of ether oxygens (including phenoxy) is 2. The summed E-state index contributed by atoms with van der Waals surface area (Å²) in [6.07, 6.45) is 3.98. The van der Waals surface area contributed by atoms with E-state index in [1.165, 1.54) is 11.6 Å². The van der Waals surface area contributed by atoms with E-state index < -0.39 is 0 Å². The quantitative estimate of drug-likeness (QED) is 0.591. The summed E-state index contributed by atoms with van der Waals surface area (Å²) in [6, 6.07) is 18.5. The lowest BCUT2D eigenvalue weighted by Gasteiger charge is -2.36. The number of carbonyl (C=O) groups is 1. The maximum atomic E-state index is 11.4. The summed E-state index contributed by atoms with van der Waals surface area (Å²) in [4.78, 5) is 13.8. The first-order chi connectivity index (χ1) is 12.3. The Morgan fingerprint density at radius 1 is 1.20 bits per heavy atom. The van der Waals surface area contributed by atoms with Crippen molar-refractivity contribution in [1.29, 1.82) is 0 Å². The minimum Gasteiger partial charge on any atom is -0.486 e. The second kappa shape index (κ2) is 8.38. The topological polar surface area (TPSA) is 38.8 Å². The molecule has 0 saturated heterocycles. The number of fused-ring (bicyclic) bond motifs is 1. The average Bonchev–Trinajstić information content (AvgIpc) is 2.63. The molecule has 130 valence electrons. The third-order valence-electron chi connectivity index (χ3n) is 4.08. The number of rotatable bonds is 6. The lowest BCUT2D eigenvalue weighted by atomic mass is 10.1. The molecule has 1 aliphatic heterocycles. The molecule has 0 bridgehead atoms. The maximum absolute atomic E-state index is 11.4. The molecular weight excluding hydrogens is 314 g/mol. The highest BCUT2D eigenvalue weighted by Gasteiger charge is 2.24. The largest absolute Gasteiger partial charge is 0.486 e. The first-order valence-corrected chi connectivity index (χ1v) is 8.64. The van der Waals surface area contributed by atoms with Crippen molar-refractivity contribution in [2.45, 2.75) is 26.0 Å². The molecule has 25 heavy (non-hydrogen) atoms. The Morgan fingerprint density at radius 2 is 1.96 bits per heavy atom. The van der Waals surface area contributed by atoms with Crippen LogP contribution in [-0.4, -0.2) is 25.2 Å². The van der Waals surface area contributed by atoms with Crippen LogP contribution >= 0.6 is 0 Å². The van der Waals surface area contributed by atoms with Crippen molar-refractivity contribution in [3.05, 3.63) is 72.3 Å². The molecule has 2 aromatic rings. The molecule has 0 saturated carbocycles. The predicted octanol–water partition coefficient (Wildman–Crippen LogP) is 3.96. The zero-order valence-corrected chi connectivity index (χ0v) is 14.4. The van der Waals surface area contributed by atoms with Gasteiger partial charge in [0.05, 0.1) is 18.8 Å². The lowest BCUT2D eigenvalue weighted by Crippen LogP contribution is -2.39. The van der Waals surface area contributed by atoms with E-state index >= 15 is 0 Å². The zero-order chi connectivity index (χ0) is 17.5. The Balaban J connectivity index is 1.71. The van der Waals surface area contributed by atoms with Crippen LogP contribution in [0.15, 0.2) is 66.7 Å². The first kappa shape index (κ1) is 17.1. The minimum atomic E-state index is -0.306. The Kier molecular flexibility index (Phi) is 5.73. The van der Waals surface area contributed by atoms with Gasteiger partial charge in [0.1, 0.15) is 11.9 Å². The van der Waals surface area contributed by atoms with Crippen molar-refractivity contribution in [2.75, 3.05) is 18.1 Å². The van der Waals surface area contributed by atoms with E-state index in [1.54, 1.807) is 6.92 Å². The highest BCUT2D eigenvalue weighted by Crippen LogP contribution is 2.34. The van der Waals surface area contributed by atoms with E-state index in [1.807, 2.05) is 30.3 Å². The Hall–Kier alpha value is -2.75. The van der Waals surface area contributed by atoms with Crippen LogP contribution in [0.25, 0.3) is 0 Å². The minimum absolute atomic E-state index is 0.00397. The first-order valence-electron chi connectivity index (χ1n) is 8.64. The average molecular weight is 337 g/mol. The fourth-order valence-electron chi connectivity index (χ4n) is 2.96. The molecule has 0 amide bonds. The summed E-state index contributed by atoms with van der Waals surface area (Å²) in [5, 5.41) is 0. The fourth-order valence-corrected chi connectivity index (χ4v) is 2.96. The summed E-state index contributed by atoms with van der Waals surface area (Å²) >= 11 is 0. The monoisotopic (exact) mass is 337 g/mol. The Bertz CT molecular complexity index is 727. The molecule has 2 aromatic carbocycles. The Labute approximate surface area is 148 Å². The number of benzene rings is 2. The molecule has 0 fully saturated rings. The van der Waals surface area contributed by atoms with Gasteiger partial charge in [-0.2, -0.15) is 0 Å². The normalized spacial score (nSPS) is 16.4. The van der Waals surface area contributed by atoms with Gasteiger partial charge >= 0.3 is 5.97 Å². The van der Waals surface area contributed by atoms with Gasteiger partial charge in [-0.15, -0.1) is 0 Å². The molecule has 1 atom stereocenters. The molecule has 0 aromatic heterocycles. The number of hydrogen-bond donors (Lipinski definition) is 0. The van der Waals surface area contributed by atoms with Gasteiger partial charge in [-0.3, -0.25) is 0 Å². The molecule has 1 unspecified atom stereocenters. The Morgan fingerprint density at radius 3 is 2.76 bits per heavy atom. The van der Waals surface area contributed by atoms with Crippen molar-refractivity contribution in [3.63, 3.8) is 0 Å². The zero-order valence-electron chi connectivity index (χ0n) is 14.4. The highest BCUT2D eigenvalue weighted by atomic mass is 16.5. The molecule has 0 N–H and O–H groups in total. The van der Waals surface area contributed by atoms with Gasteiger partial charge in [0.15, 0.2) is 0 Å². The van der Waals surface area contributed by atoms with Crippen LogP contribution in [0, 0.1) is 0 Å². The molecule has 0 spiro atoms. The molecular formula is C21H23NO3. The van der Waals surface area contributed by atoms with E-state index in [-0.39, 0.29) is 12.1 Å². The van der Waals surface area contributed by atoms with Crippen LogP contribution < -0.4 is 9.64 Å². The van der Waals surface area contributed by atoms with Gasteiger partial charge in [0.25, 0.3) is 0 Å². The fraction of sp³-hybridized carbons (Fsp3) is 0.286. The van der Waals surface area contributed by atoms with Crippen LogP contribution in [0.3, 0.4) is 0 Å². The molecule has 3 rings (SSSR count). The number of para-hydroxylation sites is 2. The van der Waals surface area contributed by atoms with Crippen LogP contribution in [0.5, 0.6) is 5.75 Å². The maximum Gasteiger partial charge on any atom is 0.330 e. The summed E-state index contributed by atoms with van der Waals surface area (Å²) in [6.45, 7) is 3.80. The lowest BCUT2D eigenvalue weighted by molar-refractivity contribution is -0.137. The summed E-state index contributed by atoms with van der Waals surface area (Å²) in [5.74, 6) is 0.582. The van der Waals surface area contributed by atoms with Crippen molar-refractivity contribution in [2.24, 2.45) is 0 Å². The second-order valence-corrected chi connectivity index (χ2v) is 5.96. The molecule has 1 heterocycles. The van der Waals surface area contributed by atoms with Crippen LogP contribution in [0.1, 0.15) is 18.9 Å². The van der Waals surface area contributed by atoms with Gasteiger partial charge in [0.2, 0.25) is 0 Å². The van der Waals surface area contributed by atoms with Gasteiger partial charge in [0, 0.05) is 19.0 Å². The predicted molar refractivity (Wildman–Crippen MR) is 98.7 cm³/mol. The summed E-state index contributed by atoms with van der Waals surface area (Å²) < 4.78 is 11.0. The molecule has 4 nitrogen and oxygen atoms in total. The molecule has 0 radical (unpaired) electrons. The number of esters is 1. The van der Waals surface area contributed by atoms with Gasteiger partial charge < -0.3 is 14.4 Å². The van der Waals surface area contributed by atoms with Crippen molar-refractivity contribution < 1.29 is 14.3 Å². The third kappa shape index (κ3) is 4.63. The summed E-state index contributed by atoms with van der Waals surface area (Å²) in [7, 11) is 0. The van der Waals surface area contributed by atoms with Gasteiger partial charge in [-0.1, -0.05) is 48.5 Å². The standard InChI is InChI=1S/C21H23NO3/c1-2-24-21(23)14-8-11-18-16-22(15-17-9-4-3-5-10-17)19-12-6-7-13-20(19)25-18/h3-10,12-14,18H,2,11,15-16H2,1H3/b14-8+. The number of anilines is 1. The van der Waals surface area contributed by atoms with Gasteiger partial charge in [-0.25, -0.2) is 4.79 Å². The number of hydrogen-bond acceptors (Lipinski definition) is 4. The van der Waals surface area contributed by atoms with E-state index in [9.17, 15) is 4.79 Å². The molecule has 0 aliphatic carbocycles. The van der Waals surface area contributed by atoms with Crippen LogP contribution in [0.4, 0.5) is 5.69 Å². The van der Waals surface area contributed by atoms with Crippen molar-refractivity contribution in [3.8, 4) is 5.75 Å². The van der Waals surface area contributed by atoms with E-state index in [2.05, 4.69) is 35.2 Å². The SMILES string of the molecule is CCOC(=O)/C=C/CC1CN(Cc2ccccc2)c2ccccc2O1. The van der Waals surface area contributed by atoms with Gasteiger partial charge in [-0.05, 0) is 24.6 Å². The molecule has 1 aliphatic rings. The third-order valence-corrected chi connectivity index (χ3v) is 4.08. The highest BCUT2D eigenvalue weighted by molar-refractivity contribution is 5.81. The number of nitrogens with zero attached hydrogens (tertiary/aromatic N) is 1. The molecule has 4 heteroatoms. The van der Waals surface area contributed by atoms with E-state index in [4.69, 9.17) is 9.47 Å². The van der Waals surface area contributed by atoms with Crippen molar-refractivity contribution >= 4 is 11.7 Å². The number of carbonyl (C=O) groups excluding carboxylic acids is 1. The van der Waals surface area contributed by atoms with Crippen LogP contribution in [0.2, 0.25) is 0 Å². The second-order valence-electron chi connectivity index (χ2n) is 5.96. The van der Waals surface area contributed by atoms with E-state index in [0.29, 0.717) is 13.0 Å². The van der Waals surface area contributed by atoms with Crippen LogP contribution in [-0.2, 0) is 16.1 Å². The smallest absolute Gasteiger partial charge is 0.330 e. The summed E-state index contributed by atoms with van der Waals surface area (Å²) in [5.41, 5.74) is 2.37.